The summed E-state index contributed by atoms with van der Waals surface area (Å²) in [6, 6.07) is 7.46. The van der Waals surface area contributed by atoms with Crippen molar-refractivity contribution in [3.05, 3.63) is 66.5 Å². The molecule has 10 nitrogen and oxygen atoms in total. The first kappa shape index (κ1) is 17.9. The Kier molecular flexibility index (Phi) is 5.57. The number of hydrogen-bond donors (Lipinski definition) is 2. The highest BCUT2D eigenvalue weighted by Gasteiger charge is 2.13. The number of hydrogen-bond acceptors (Lipinski definition) is 7. The summed E-state index contributed by atoms with van der Waals surface area (Å²) in [7, 11) is 0. The standard InChI is InChI=1S/C17H15N5O5/c23-15(21-17(25)19-10-13-3-1-8-26-13)11-27-16(24)12-4-5-14(18-9-12)22-7-2-6-20-22/h1-9H,10-11H2,(H2,19,21,23,25). The number of nitrogens with zero attached hydrogens (tertiary/aromatic N) is 3. The molecule has 3 aromatic heterocycles. The van der Waals surface area contributed by atoms with Gasteiger partial charge in [0.05, 0.1) is 18.4 Å². The molecule has 2 N–H and O–H groups in total. The van der Waals surface area contributed by atoms with Crippen molar-refractivity contribution in [2.75, 3.05) is 6.61 Å². The van der Waals surface area contributed by atoms with Crippen molar-refractivity contribution < 1.29 is 23.5 Å². The Balaban J connectivity index is 1.42. The molecule has 3 aromatic rings. The molecule has 0 fully saturated rings. The monoisotopic (exact) mass is 369 g/mol. The largest absolute Gasteiger partial charge is 0.467 e. The quantitative estimate of drug-likeness (QED) is 0.621. The molecule has 0 spiro atoms. The number of esters is 1. The number of carbonyl (C=O) groups is 3. The fourth-order valence-electron chi connectivity index (χ4n) is 2.05. The van der Waals surface area contributed by atoms with E-state index in [1.807, 2.05) is 5.32 Å². The van der Waals surface area contributed by atoms with Crippen LogP contribution in [0.2, 0.25) is 0 Å². The van der Waals surface area contributed by atoms with Gasteiger partial charge in [0, 0.05) is 18.6 Å². The zero-order chi connectivity index (χ0) is 19.1. The van der Waals surface area contributed by atoms with E-state index in [-0.39, 0.29) is 12.1 Å². The van der Waals surface area contributed by atoms with Crippen molar-refractivity contribution in [3.63, 3.8) is 0 Å². The first-order chi connectivity index (χ1) is 13.1. The van der Waals surface area contributed by atoms with E-state index < -0.39 is 24.5 Å². The average Bonchev–Trinajstić information content (AvgIpc) is 3.38. The van der Waals surface area contributed by atoms with Crippen molar-refractivity contribution in [2.45, 2.75) is 6.54 Å². The normalized spacial score (nSPS) is 10.2. The van der Waals surface area contributed by atoms with E-state index in [2.05, 4.69) is 15.4 Å². The molecular formula is C17H15N5O5. The molecule has 138 valence electrons. The highest BCUT2D eigenvalue weighted by atomic mass is 16.5. The van der Waals surface area contributed by atoms with Crippen LogP contribution in [0.5, 0.6) is 0 Å². The highest BCUT2D eigenvalue weighted by Crippen LogP contribution is 2.06. The number of ether oxygens (including phenoxy) is 1. The van der Waals surface area contributed by atoms with Gasteiger partial charge in [-0.15, -0.1) is 0 Å². The highest BCUT2D eigenvalue weighted by molar-refractivity contribution is 5.96. The van der Waals surface area contributed by atoms with Gasteiger partial charge in [0.1, 0.15) is 5.76 Å². The molecule has 0 aromatic carbocycles. The summed E-state index contributed by atoms with van der Waals surface area (Å²) in [4.78, 5) is 39.3. The number of nitrogens with one attached hydrogen (secondary N) is 2. The van der Waals surface area contributed by atoms with Crippen molar-refractivity contribution in [2.24, 2.45) is 0 Å². The molecule has 0 unspecified atom stereocenters. The van der Waals surface area contributed by atoms with Crippen LogP contribution >= 0.6 is 0 Å². The van der Waals surface area contributed by atoms with Gasteiger partial charge >= 0.3 is 12.0 Å². The molecule has 0 aliphatic carbocycles. The second-order valence-electron chi connectivity index (χ2n) is 5.24. The Morgan fingerprint density at radius 3 is 2.74 bits per heavy atom. The van der Waals surface area contributed by atoms with Crippen LogP contribution in [-0.4, -0.2) is 39.3 Å². The van der Waals surface area contributed by atoms with Crippen LogP contribution in [-0.2, 0) is 16.1 Å². The summed E-state index contributed by atoms with van der Waals surface area (Å²) >= 11 is 0. The number of furan rings is 1. The van der Waals surface area contributed by atoms with Crippen molar-refractivity contribution >= 4 is 17.9 Å². The lowest BCUT2D eigenvalue weighted by molar-refractivity contribution is -0.123. The van der Waals surface area contributed by atoms with Gasteiger partial charge in [0.2, 0.25) is 0 Å². The molecular weight excluding hydrogens is 354 g/mol. The maximum Gasteiger partial charge on any atom is 0.340 e. The van der Waals surface area contributed by atoms with Crippen LogP contribution in [0.1, 0.15) is 16.1 Å². The summed E-state index contributed by atoms with van der Waals surface area (Å²) < 4.78 is 11.4. The van der Waals surface area contributed by atoms with Gasteiger partial charge in [-0.25, -0.2) is 19.3 Å². The predicted octanol–water partition coefficient (Wildman–Crippen LogP) is 1.04. The molecule has 3 heterocycles. The molecule has 0 radical (unpaired) electrons. The van der Waals surface area contributed by atoms with Crippen molar-refractivity contribution in [3.8, 4) is 5.82 Å². The molecule has 0 aliphatic rings. The molecule has 0 saturated heterocycles. The molecule has 3 amide bonds. The minimum absolute atomic E-state index is 0.125. The van der Waals surface area contributed by atoms with Gasteiger partial charge < -0.3 is 14.5 Å². The number of rotatable bonds is 6. The Labute approximate surface area is 153 Å². The van der Waals surface area contributed by atoms with Gasteiger partial charge in [0.25, 0.3) is 5.91 Å². The lowest BCUT2D eigenvalue weighted by atomic mass is 10.3. The lowest BCUT2D eigenvalue weighted by Crippen LogP contribution is -2.41. The first-order valence-corrected chi connectivity index (χ1v) is 7.85. The molecule has 0 aliphatic heterocycles. The van der Waals surface area contributed by atoms with Crippen LogP contribution in [0.15, 0.2) is 59.6 Å². The Bertz CT molecular complexity index is 904. The molecule has 10 heteroatoms. The van der Waals surface area contributed by atoms with Crippen LogP contribution < -0.4 is 10.6 Å². The van der Waals surface area contributed by atoms with Gasteiger partial charge in [-0.2, -0.15) is 5.10 Å². The maximum absolute atomic E-state index is 11.9. The van der Waals surface area contributed by atoms with E-state index >= 15 is 0 Å². The third kappa shape index (κ3) is 5.01. The Morgan fingerprint density at radius 1 is 1.19 bits per heavy atom. The van der Waals surface area contributed by atoms with E-state index in [9.17, 15) is 14.4 Å². The van der Waals surface area contributed by atoms with E-state index in [0.717, 1.165) is 0 Å². The number of carbonyl (C=O) groups excluding carboxylic acids is 3. The van der Waals surface area contributed by atoms with Crippen LogP contribution in [0, 0.1) is 0 Å². The molecule has 27 heavy (non-hydrogen) atoms. The predicted molar refractivity (Wildman–Crippen MR) is 90.7 cm³/mol. The molecule has 3 rings (SSSR count). The van der Waals surface area contributed by atoms with Crippen LogP contribution in [0.4, 0.5) is 4.79 Å². The zero-order valence-corrected chi connectivity index (χ0v) is 14.0. The van der Waals surface area contributed by atoms with Gasteiger partial charge in [-0.05, 0) is 30.3 Å². The smallest absolute Gasteiger partial charge is 0.340 e. The van der Waals surface area contributed by atoms with E-state index in [1.54, 1.807) is 36.7 Å². The van der Waals surface area contributed by atoms with Gasteiger partial charge in [0.15, 0.2) is 12.4 Å². The maximum atomic E-state index is 11.9. The fraction of sp³-hybridized carbons (Fsp3) is 0.118. The summed E-state index contributed by atoms with van der Waals surface area (Å²) in [5.41, 5.74) is 0.168. The van der Waals surface area contributed by atoms with E-state index in [1.165, 1.54) is 23.2 Å². The van der Waals surface area contributed by atoms with Crippen molar-refractivity contribution in [1.82, 2.24) is 25.4 Å². The number of amides is 3. The second-order valence-corrected chi connectivity index (χ2v) is 5.24. The average molecular weight is 369 g/mol. The molecule has 0 atom stereocenters. The summed E-state index contributed by atoms with van der Waals surface area (Å²) in [5, 5.41) is 8.49. The zero-order valence-electron chi connectivity index (χ0n) is 14.0. The van der Waals surface area contributed by atoms with Gasteiger partial charge in [-0.3, -0.25) is 10.1 Å². The number of aromatic nitrogens is 3. The number of pyridine rings is 1. The fourth-order valence-corrected chi connectivity index (χ4v) is 2.05. The minimum atomic E-state index is -0.763. The first-order valence-electron chi connectivity index (χ1n) is 7.85. The SMILES string of the molecule is O=C(COC(=O)c1ccc(-n2cccn2)nc1)NC(=O)NCc1ccco1. The summed E-state index contributed by atoms with van der Waals surface area (Å²) in [6.45, 7) is -0.478. The summed E-state index contributed by atoms with van der Waals surface area (Å²) in [6.07, 6.45) is 6.10. The topological polar surface area (TPSA) is 128 Å². The lowest BCUT2D eigenvalue weighted by Gasteiger charge is -2.07. The van der Waals surface area contributed by atoms with E-state index in [4.69, 9.17) is 9.15 Å². The minimum Gasteiger partial charge on any atom is -0.467 e. The van der Waals surface area contributed by atoms with Crippen LogP contribution in [0.3, 0.4) is 0 Å². The summed E-state index contributed by atoms with van der Waals surface area (Å²) in [5.74, 6) is -0.431. The third-order valence-electron chi connectivity index (χ3n) is 3.31. The third-order valence-corrected chi connectivity index (χ3v) is 3.31. The molecule has 0 bridgehead atoms. The Morgan fingerprint density at radius 2 is 2.07 bits per heavy atom. The van der Waals surface area contributed by atoms with Crippen molar-refractivity contribution in [1.29, 1.82) is 0 Å². The van der Waals surface area contributed by atoms with E-state index in [0.29, 0.717) is 11.6 Å². The second kappa shape index (κ2) is 8.43. The Hall–Kier alpha value is -3.95. The van der Waals surface area contributed by atoms with Gasteiger partial charge in [-0.1, -0.05) is 0 Å². The molecule has 0 saturated carbocycles. The number of imide groups is 1. The number of urea groups is 1. The van der Waals surface area contributed by atoms with Crippen LogP contribution in [0.25, 0.3) is 5.82 Å².